The van der Waals surface area contributed by atoms with Gasteiger partial charge in [0.25, 0.3) is 0 Å². The first kappa shape index (κ1) is 25.6. The number of ether oxygens (including phenoxy) is 1. The van der Waals surface area contributed by atoms with Crippen LogP contribution in [0.2, 0.25) is 0 Å². The molecule has 3 rings (SSSR count). The maximum atomic E-state index is 9.74. The number of nitrogens with zero attached hydrogens (tertiary/aromatic N) is 3. The average Bonchev–Trinajstić information content (AvgIpc) is 2.80. The number of hydrogen-bond acceptors (Lipinski definition) is 5. The molecule has 172 valence electrons. The number of nitrogens with one attached hydrogen (secondary N) is 2. The molecule has 1 saturated heterocycles. The first-order chi connectivity index (χ1) is 15.1. The highest BCUT2D eigenvalue weighted by Gasteiger charge is 2.22. The third kappa shape index (κ3) is 6.92. The molecule has 0 amide bonds. The van der Waals surface area contributed by atoms with E-state index >= 15 is 0 Å². The van der Waals surface area contributed by atoms with Crippen molar-refractivity contribution in [2.75, 3.05) is 38.2 Å². The van der Waals surface area contributed by atoms with Gasteiger partial charge in [-0.25, -0.2) is 0 Å². The Morgan fingerprint density at radius 1 is 1.31 bits per heavy atom. The Balaban J connectivity index is 0.00000363. The highest BCUT2D eigenvalue weighted by Crippen LogP contribution is 2.26. The SMILES string of the molecule is CCNC(=NCCc1ccc(O)c(OC)c1)NC1CCCN(c2ccccc2C#N)C1.I. The van der Waals surface area contributed by atoms with Crippen molar-refractivity contribution in [3.63, 3.8) is 0 Å². The molecule has 1 heterocycles. The van der Waals surface area contributed by atoms with Crippen molar-refractivity contribution in [3.8, 4) is 17.6 Å². The number of piperidine rings is 1. The Labute approximate surface area is 207 Å². The topological polar surface area (TPSA) is 92.9 Å². The molecule has 0 aliphatic carbocycles. The second-order valence-electron chi connectivity index (χ2n) is 7.58. The monoisotopic (exact) mass is 549 g/mol. The van der Waals surface area contributed by atoms with E-state index in [1.54, 1.807) is 13.2 Å². The lowest BCUT2D eigenvalue weighted by Crippen LogP contribution is -2.51. The minimum Gasteiger partial charge on any atom is -0.504 e. The molecule has 0 saturated carbocycles. The number of guanidine groups is 1. The van der Waals surface area contributed by atoms with Crippen LogP contribution in [-0.4, -0.2) is 50.4 Å². The predicted molar refractivity (Wildman–Crippen MR) is 139 cm³/mol. The van der Waals surface area contributed by atoms with E-state index in [1.165, 1.54) is 0 Å². The van der Waals surface area contributed by atoms with Gasteiger partial charge >= 0.3 is 0 Å². The summed E-state index contributed by atoms with van der Waals surface area (Å²) < 4.78 is 5.18. The number of aromatic hydroxyl groups is 1. The summed E-state index contributed by atoms with van der Waals surface area (Å²) in [6.45, 7) is 5.24. The van der Waals surface area contributed by atoms with Gasteiger partial charge in [0.05, 0.1) is 18.4 Å². The molecule has 0 aromatic heterocycles. The van der Waals surface area contributed by atoms with Crippen molar-refractivity contribution < 1.29 is 9.84 Å². The van der Waals surface area contributed by atoms with E-state index in [0.717, 1.165) is 56.1 Å². The summed E-state index contributed by atoms with van der Waals surface area (Å²) in [5, 5.41) is 26.1. The van der Waals surface area contributed by atoms with Crippen LogP contribution in [0.15, 0.2) is 47.5 Å². The Hall–Kier alpha value is -2.67. The number of anilines is 1. The Bertz CT molecular complexity index is 944. The lowest BCUT2D eigenvalue weighted by atomic mass is 10.0. The number of aliphatic imine (C=N–C) groups is 1. The van der Waals surface area contributed by atoms with Crippen molar-refractivity contribution in [2.24, 2.45) is 4.99 Å². The molecule has 3 N–H and O–H groups in total. The van der Waals surface area contributed by atoms with Gasteiger partial charge < -0.3 is 25.4 Å². The molecule has 0 radical (unpaired) electrons. The van der Waals surface area contributed by atoms with Gasteiger partial charge in [-0.1, -0.05) is 18.2 Å². The van der Waals surface area contributed by atoms with E-state index in [4.69, 9.17) is 9.73 Å². The molecule has 7 nitrogen and oxygen atoms in total. The number of nitriles is 1. The number of methoxy groups -OCH3 is 1. The summed E-state index contributed by atoms with van der Waals surface area (Å²) in [6.07, 6.45) is 2.87. The van der Waals surface area contributed by atoms with Crippen LogP contribution in [0.3, 0.4) is 0 Å². The van der Waals surface area contributed by atoms with Gasteiger partial charge in [-0.15, -0.1) is 24.0 Å². The number of benzene rings is 2. The second kappa shape index (κ2) is 13.0. The molecule has 0 bridgehead atoms. The van der Waals surface area contributed by atoms with Crippen molar-refractivity contribution in [3.05, 3.63) is 53.6 Å². The summed E-state index contributed by atoms with van der Waals surface area (Å²) >= 11 is 0. The van der Waals surface area contributed by atoms with Crippen LogP contribution < -0.4 is 20.3 Å². The molecular formula is C24H32IN5O2. The summed E-state index contributed by atoms with van der Waals surface area (Å²) in [6, 6.07) is 15.7. The maximum absolute atomic E-state index is 9.74. The lowest BCUT2D eigenvalue weighted by molar-refractivity contribution is 0.373. The summed E-state index contributed by atoms with van der Waals surface area (Å²) in [4.78, 5) is 7.02. The first-order valence-corrected chi connectivity index (χ1v) is 10.8. The molecule has 1 aliphatic rings. The third-order valence-corrected chi connectivity index (χ3v) is 5.39. The smallest absolute Gasteiger partial charge is 0.191 e. The Morgan fingerprint density at radius 2 is 2.12 bits per heavy atom. The molecule has 1 aliphatic heterocycles. The first-order valence-electron chi connectivity index (χ1n) is 10.8. The van der Waals surface area contributed by atoms with Crippen LogP contribution in [0, 0.1) is 11.3 Å². The minimum atomic E-state index is 0. The molecule has 2 aromatic rings. The number of rotatable bonds is 7. The number of phenols is 1. The fourth-order valence-electron chi connectivity index (χ4n) is 3.85. The van der Waals surface area contributed by atoms with Crippen LogP contribution in [0.5, 0.6) is 11.5 Å². The van der Waals surface area contributed by atoms with Crippen molar-refractivity contribution in [1.29, 1.82) is 5.26 Å². The molecule has 32 heavy (non-hydrogen) atoms. The lowest BCUT2D eigenvalue weighted by Gasteiger charge is -2.35. The van der Waals surface area contributed by atoms with Gasteiger partial charge in [0, 0.05) is 32.2 Å². The number of para-hydroxylation sites is 1. The van der Waals surface area contributed by atoms with E-state index < -0.39 is 0 Å². The average molecular weight is 549 g/mol. The molecule has 0 spiro atoms. The van der Waals surface area contributed by atoms with Gasteiger partial charge in [0.15, 0.2) is 17.5 Å². The van der Waals surface area contributed by atoms with E-state index in [-0.39, 0.29) is 35.8 Å². The normalized spacial score (nSPS) is 16.0. The highest BCUT2D eigenvalue weighted by molar-refractivity contribution is 14.0. The Morgan fingerprint density at radius 3 is 2.88 bits per heavy atom. The summed E-state index contributed by atoms with van der Waals surface area (Å²) in [5.41, 5.74) is 2.78. The van der Waals surface area contributed by atoms with Gasteiger partial charge in [-0.05, 0) is 56.0 Å². The molecule has 1 fully saturated rings. The quantitative estimate of drug-likeness (QED) is 0.278. The number of phenolic OH excluding ortho intramolecular Hbond substituents is 1. The van der Waals surface area contributed by atoms with Crippen molar-refractivity contribution in [1.82, 2.24) is 10.6 Å². The zero-order valence-corrected chi connectivity index (χ0v) is 21.0. The van der Waals surface area contributed by atoms with Crippen LogP contribution >= 0.6 is 24.0 Å². The van der Waals surface area contributed by atoms with Gasteiger partial charge in [0.1, 0.15) is 6.07 Å². The van der Waals surface area contributed by atoms with E-state index in [9.17, 15) is 10.4 Å². The van der Waals surface area contributed by atoms with Gasteiger partial charge in [-0.2, -0.15) is 5.26 Å². The second-order valence-corrected chi connectivity index (χ2v) is 7.58. The minimum absolute atomic E-state index is 0. The standard InChI is InChI=1S/C24H31N5O2.HI/c1-3-26-24(27-13-12-18-10-11-22(30)23(15-18)31-2)28-20-8-6-14-29(17-20)21-9-5-4-7-19(21)16-25;/h4-5,7,9-11,15,20,30H,3,6,8,12-14,17H2,1-2H3,(H2,26,27,28);1H. The number of halogens is 1. The van der Waals surface area contributed by atoms with Crippen molar-refractivity contribution >= 4 is 35.6 Å². The van der Waals surface area contributed by atoms with Gasteiger partial charge in [0.2, 0.25) is 0 Å². The molecule has 8 heteroatoms. The fourth-order valence-corrected chi connectivity index (χ4v) is 3.85. The zero-order valence-electron chi connectivity index (χ0n) is 18.7. The summed E-state index contributed by atoms with van der Waals surface area (Å²) in [5.74, 6) is 1.42. The fraction of sp³-hybridized carbons (Fsp3) is 0.417. The molecule has 1 unspecified atom stereocenters. The van der Waals surface area contributed by atoms with Crippen LogP contribution in [-0.2, 0) is 6.42 Å². The Kier molecular flexibility index (Phi) is 10.4. The highest BCUT2D eigenvalue weighted by atomic mass is 127. The maximum Gasteiger partial charge on any atom is 0.191 e. The van der Waals surface area contributed by atoms with Gasteiger partial charge in [-0.3, -0.25) is 4.99 Å². The zero-order chi connectivity index (χ0) is 22.1. The van der Waals surface area contributed by atoms with Crippen LogP contribution in [0.4, 0.5) is 5.69 Å². The van der Waals surface area contributed by atoms with E-state index in [2.05, 4.69) is 28.5 Å². The predicted octanol–water partition coefficient (Wildman–Crippen LogP) is 3.66. The van der Waals surface area contributed by atoms with Crippen LogP contribution in [0.1, 0.15) is 30.9 Å². The summed E-state index contributed by atoms with van der Waals surface area (Å²) in [7, 11) is 1.55. The van der Waals surface area contributed by atoms with E-state index in [0.29, 0.717) is 17.9 Å². The third-order valence-electron chi connectivity index (χ3n) is 5.39. The number of hydrogen-bond donors (Lipinski definition) is 3. The van der Waals surface area contributed by atoms with Crippen molar-refractivity contribution in [2.45, 2.75) is 32.2 Å². The largest absolute Gasteiger partial charge is 0.504 e. The molecular weight excluding hydrogens is 517 g/mol. The van der Waals surface area contributed by atoms with E-state index in [1.807, 2.05) is 36.4 Å². The molecule has 1 atom stereocenters. The molecule has 2 aromatic carbocycles. The van der Waals surface area contributed by atoms with Crippen LogP contribution in [0.25, 0.3) is 0 Å².